The van der Waals surface area contributed by atoms with E-state index in [9.17, 15) is 8.42 Å². The average molecular weight is 417 g/mol. The Balaban J connectivity index is 1.77. The predicted molar refractivity (Wildman–Crippen MR) is 110 cm³/mol. The summed E-state index contributed by atoms with van der Waals surface area (Å²) < 4.78 is 34.4. The van der Waals surface area contributed by atoms with E-state index in [0.29, 0.717) is 15.6 Å². The second-order valence-corrected chi connectivity index (χ2v) is 9.87. The Labute approximate surface area is 165 Å². The minimum absolute atomic E-state index is 0.173. The number of para-hydroxylation sites is 1. The van der Waals surface area contributed by atoms with E-state index in [4.69, 9.17) is 4.74 Å². The monoisotopic (exact) mass is 416 g/mol. The number of methoxy groups -OCH3 is 1. The zero-order valence-electron chi connectivity index (χ0n) is 14.4. The van der Waals surface area contributed by atoms with Crippen LogP contribution in [0.1, 0.15) is 5.01 Å². The molecule has 0 N–H and O–H groups in total. The van der Waals surface area contributed by atoms with E-state index in [1.807, 2.05) is 24.3 Å². The average Bonchev–Trinajstić information content (AvgIpc) is 3.36. The van der Waals surface area contributed by atoms with Crippen LogP contribution in [0.5, 0.6) is 5.75 Å². The summed E-state index contributed by atoms with van der Waals surface area (Å²) in [4.78, 5) is 4.60. The third-order valence-corrected chi connectivity index (χ3v) is 8.18. The highest BCUT2D eigenvalue weighted by atomic mass is 32.2. The van der Waals surface area contributed by atoms with Gasteiger partial charge < -0.3 is 4.74 Å². The molecule has 0 saturated heterocycles. The van der Waals surface area contributed by atoms with Crippen molar-refractivity contribution in [2.45, 2.75) is 10.8 Å². The number of hydrogen-bond acceptors (Lipinski definition) is 6. The molecule has 2 heterocycles. The Kier molecular flexibility index (Phi) is 4.86. The summed E-state index contributed by atoms with van der Waals surface area (Å²) >= 11 is 2.71. The molecule has 0 aliphatic rings. The van der Waals surface area contributed by atoms with Gasteiger partial charge in [0.25, 0.3) is 10.0 Å². The van der Waals surface area contributed by atoms with Gasteiger partial charge in [-0.05, 0) is 47.8 Å². The van der Waals surface area contributed by atoms with Crippen molar-refractivity contribution in [3.63, 3.8) is 0 Å². The number of benzene rings is 2. The van der Waals surface area contributed by atoms with Gasteiger partial charge in [-0.3, -0.25) is 4.31 Å². The van der Waals surface area contributed by atoms with Gasteiger partial charge in [-0.25, -0.2) is 13.4 Å². The predicted octanol–water partition coefficient (Wildman–Crippen LogP) is 4.76. The Hall–Kier alpha value is -2.42. The zero-order valence-corrected chi connectivity index (χ0v) is 16.9. The molecule has 138 valence electrons. The lowest BCUT2D eigenvalue weighted by Gasteiger charge is -2.23. The van der Waals surface area contributed by atoms with E-state index in [2.05, 4.69) is 4.98 Å². The molecule has 27 heavy (non-hydrogen) atoms. The number of nitrogens with zero attached hydrogens (tertiary/aromatic N) is 2. The number of thiophene rings is 1. The first-order valence-corrected chi connectivity index (χ1v) is 11.3. The SMILES string of the molecule is COc1ccc(N(Cc2nc3ccccc3s2)S(=O)(=O)c2cccs2)cc1. The molecule has 0 spiro atoms. The molecule has 5 nitrogen and oxygen atoms in total. The second kappa shape index (κ2) is 7.30. The Morgan fingerprint density at radius 2 is 1.81 bits per heavy atom. The highest BCUT2D eigenvalue weighted by Crippen LogP contribution is 2.31. The summed E-state index contributed by atoms with van der Waals surface area (Å²) in [6, 6.07) is 18.2. The normalized spacial score (nSPS) is 11.6. The maximum Gasteiger partial charge on any atom is 0.274 e. The van der Waals surface area contributed by atoms with Crippen molar-refractivity contribution in [3.8, 4) is 5.75 Å². The van der Waals surface area contributed by atoms with Gasteiger partial charge in [0.15, 0.2) is 0 Å². The molecule has 2 aromatic heterocycles. The fourth-order valence-corrected chi connectivity index (χ4v) is 6.26. The number of sulfonamides is 1. The van der Waals surface area contributed by atoms with Crippen LogP contribution in [-0.2, 0) is 16.6 Å². The minimum Gasteiger partial charge on any atom is -0.497 e. The summed E-state index contributed by atoms with van der Waals surface area (Å²) in [6.07, 6.45) is 0. The number of aromatic nitrogens is 1. The van der Waals surface area contributed by atoms with Gasteiger partial charge >= 0.3 is 0 Å². The fourth-order valence-electron chi connectivity index (χ4n) is 2.69. The van der Waals surface area contributed by atoms with Gasteiger partial charge in [0, 0.05) is 0 Å². The van der Waals surface area contributed by atoms with Crippen LogP contribution in [0.4, 0.5) is 5.69 Å². The molecule has 0 aliphatic heterocycles. The van der Waals surface area contributed by atoms with Crippen molar-refractivity contribution in [3.05, 3.63) is 71.1 Å². The molecule has 0 radical (unpaired) electrons. The Bertz CT molecular complexity index is 1120. The van der Waals surface area contributed by atoms with Crippen LogP contribution in [0.25, 0.3) is 10.2 Å². The van der Waals surface area contributed by atoms with Crippen LogP contribution >= 0.6 is 22.7 Å². The maximum atomic E-state index is 13.2. The lowest BCUT2D eigenvalue weighted by Crippen LogP contribution is -2.30. The number of fused-ring (bicyclic) bond motifs is 1. The quantitative estimate of drug-likeness (QED) is 0.455. The molecule has 0 aliphatic carbocycles. The smallest absolute Gasteiger partial charge is 0.274 e. The number of ether oxygens (including phenoxy) is 1. The van der Waals surface area contributed by atoms with E-state index >= 15 is 0 Å². The molecule has 4 aromatic rings. The standard InChI is InChI=1S/C19H16N2O3S3/c1-24-15-10-8-14(9-11-15)21(27(22,23)19-7-4-12-25-19)13-18-20-16-5-2-3-6-17(16)26-18/h2-12H,13H2,1H3. The van der Waals surface area contributed by atoms with Crippen molar-refractivity contribution < 1.29 is 13.2 Å². The molecule has 0 fully saturated rings. The summed E-state index contributed by atoms with van der Waals surface area (Å²) in [5.41, 5.74) is 1.45. The van der Waals surface area contributed by atoms with Crippen molar-refractivity contribution in [2.24, 2.45) is 0 Å². The molecule has 0 unspecified atom stereocenters. The van der Waals surface area contributed by atoms with Crippen molar-refractivity contribution in [1.29, 1.82) is 0 Å². The fraction of sp³-hybridized carbons (Fsp3) is 0.105. The van der Waals surface area contributed by atoms with Crippen molar-refractivity contribution in [1.82, 2.24) is 4.98 Å². The molecule has 0 bridgehead atoms. The largest absolute Gasteiger partial charge is 0.497 e. The lowest BCUT2D eigenvalue weighted by atomic mass is 10.3. The summed E-state index contributed by atoms with van der Waals surface area (Å²) in [5.74, 6) is 0.673. The molecular weight excluding hydrogens is 400 g/mol. The van der Waals surface area contributed by atoms with Crippen LogP contribution < -0.4 is 9.04 Å². The number of thiazole rings is 1. The van der Waals surface area contributed by atoms with Crippen molar-refractivity contribution >= 4 is 48.6 Å². The number of rotatable bonds is 6. The number of anilines is 1. The first kappa shape index (κ1) is 18.0. The topological polar surface area (TPSA) is 59.5 Å². The maximum absolute atomic E-state index is 13.2. The van der Waals surface area contributed by atoms with E-state index < -0.39 is 10.0 Å². The van der Waals surface area contributed by atoms with Crippen LogP contribution in [-0.4, -0.2) is 20.5 Å². The first-order chi connectivity index (χ1) is 13.1. The van der Waals surface area contributed by atoms with Crippen LogP contribution in [0.3, 0.4) is 0 Å². The summed E-state index contributed by atoms with van der Waals surface area (Å²) in [6.45, 7) is 0.173. The lowest BCUT2D eigenvalue weighted by molar-refractivity contribution is 0.415. The van der Waals surface area contributed by atoms with E-state index in [1.54, 1.807) is 48.9 Å². The van der Waals surface area contributed by atoms with Gasteiger partial charge in [0.2, 0.25) is 0 Å². The Morgan fingerprint density at radius 3 is 2.48 bits per heavy atom. The van der Waals surface area contributed by atoms with Gasteiger partial charge in [-0.15, -0.1) is 22.7 Å². The third-order valence-electron chi connectivity index (χ3n) is 4.02. The van der Waals surface area contributed by atoms with Crippen LogP contribution in [0.15, 0.2) is 70.3 Å². The van der Waals surface area contributed by atoms with Crippen LogP contribution in [0, 0.1) is 0 Å². The highest BCUT2D eigenvalue weighted by Gasteiger charge is 2.27. The number of hydrogen-bond donors (Lipinski definition) is 0. The highest BCUT2D eigenvalue weighted by molar-refractivity contribution is 7.94. The molecule has 0 atom stereocenters. The zero-order chi connectivity index (χ0) is 18.9. The second-order valence-electron chi connectivity index (χ2n) is 5.72. The van der Waals surface area contributed by atoms with E-state index in [0.717, 1.165) is 15.2 Å². The van der Waals surface area contributed by atoms with Gasteiger partial charge in [0.05, 0.1) is 29.6 Å². The molecule has 4 rings (SSSR count). The molecule has 2 aromatic carbocycles. The minimum atomic E-state index is -3.69. The molecular formula is C19H16N2O3S3. The van der Waals surface area contributed by atoms with E-state index in [1.165, 1.54) is 27.0 Å². The molecule has 0 amide bonds. The summed E-state index contributed by atoms with van der Waals surface area (Å²) in [5, 5.41) is 2.50. The van der Waals surface area contributed by atoms with Crippen LogP contribution in [0.2, 0.25) is 0 Å². The van der Waals surface area contributed by atoms with Gasteiger partial charge in [-0.1, -0.05) is 18.2 Å². The van der Waals surface area contributed by atoms with Gasteiger partial charge in [-0.2, -0.15) is 0 Å². The van der Waals surface area contributed by atoms with E-state index in [-0.39, 0.29) is 6.54 Å². The first-order valence-electron chi connectivity index (χ1n) is 8.13. The van der Waals surface area contributed by atoms with Crippen molar-refractivity contribution in [2.75, 3.05) is 11.4 Å². The molecule has 0 saturated carbocycles. The Morgan fingerprint density at radius 1 is 1.04 bits per heavy atom. The summed E-state index contributed by atoms with van der Waals surface area (Å²) in [7, 11) is -2.11. The third kappa shape index (κ3) is 3.55. The van der Waals surface area contributed by atoms with Gasteiger partial charge in [0.1, 0.15) is 15.0 Å². The molecule has 8 heteroatoms.